The van der Waals surface area contributed by atoms with Crippen LogP contribution in [0, 0.1) is 0 Å². The second-order valence-electron chi connectivity index (χ2n) is 6.90. The molecule has 0 aliphatic carbocycles. The molecule has 29 heavy (non-hydrogen) atoms. The number of guanidine groups is 1. The number of hydrogen-bond acceptors (Lipinski definition) is 3. The molecule has 0 bridgehead atoms. The third-order valence-corrected chi connectivity index (χ3v) is 4.86. The van der Waals surface area contributed by atoms with Crippen molar-refractivity contribution in [3.8, 4) is 0 Å². The van der Waals surface area contributed by atoms with E-state index >= 15 is 0 Å². The first kappa shape index (κ1) is 23.5. The topological polar surface area (TPSA) is 57.5 Å². The summed E-state index contributed by atoms with van der Waals surface area (Å²) in [5.74, 6) is 0.901. The molecule has 6 nitrogen and oxygen atoms in total. The van der Waals surface area contributed by atoms with Gasteiger partial charge in [-0.3, -0.25) is 9.47 Å². The number of halogens is 3. The van der Waals surface area contributed by atoms with E-state index in [2.05, 4.69) is 49.8 Å². The number of alkyl halides is 2. The summed E-state index contributed by atoms with van der Waals surface area (Å²) in [5.41, 5.74) is 1.33. The summed E-state index contributed by atoms with van der Waals surface area (Å²) in [6, 6.07) is 10.8. The Morgan fingerprint density at radius 2 is 1.97 bits per heavy atom. The van der Waals surface area contributed by atoms with Gasteiger partial charge in [-0.1, -0.05) is 30.3 Å². The summed E-state index contributed by atoms with van der Waals surface area (Å²) >= 11 is 0. The second-order valence-corrected chi connectivity index (χ2v) is 6.90. The standard InChI is InChI=1S/C20H28F2N6.HI/c1-2-23-20(25-14-18-24-10-13-28(18)19(21)22)26-17-8-11-27(12-9-17)15-16-6-4-3-5-7-16;/h3-7,10,13,17,19H,2,8-9,11-12,14-15H2,1H3,(H2,23,25,26);1H. The van der Waals surface area contributed by atoms with Crippen molar-refractivity contribution in [1.29, 1.82) is 0 Å². The van der Waals surface area contributed by atoms with Crippen molar-refractivity contribution in [3.05, 3.63) is 54.1 Å². The Kier molecular flexibility index (Phi) is 9.79. The van der Waals surface area contributed by atoms with Crippen LogP contribution < -0.4 is 10.6 Å². The molecule has 3 rings (SSSR count). The lowest BCUT2D eigenvalue weighted by atomic mass is 10.0. The van der Waals surface area contributed by atoms with Gasteiger partial charge in [0.25, 0.3) is 0 Å². The summed E-state index contributed by atoms with van der Waals surface area (Å²) < 4.78 is 26.7. The van der Waals surface area contributed by atoms with Gasteiger partial charge >= 0.3 is 6.55 Å². The molecule has 9 heteroatoms. The highest BCUT2D eigenvalue weighted by Crippen LogP contribution is 2.15. The molecule has 1 aliphatic rings. The third kappa shape index (κ3) is 7.22. The first-order valence-electron chi connectivity index (χ1n) is 9.76. The van der Waals surface area contributed by atoms with E-state index in [9.17, 15) is 8.78 Å². The second kappa shape index (κ2) is 12.1. The van der Waals surface area contributed by atoms with Crippen LogP contribution in [0.3, 0.4) is 0 Å². The van der Waals surface area contributed by atoms with E-state index in [0.717, 1.165) is 37.0 Å². The first-order valence-corrected chi connectivity index (χ1v) is 9.76. The number of imidazole rings is 1. The van der Waals surface area contributed by atoms with Crippen molar-refractivity contribution in [2.45, 2.75) is 45.4 Å². The molecule has 0 saturated carbocycles. The molecule has 1 saturated heterocycles. The zero-order valence-corrected chi connectivity index (χ0v) is 18.9. The quantitative estimate of drug-likeness (QED) is 0.334. The van der Waals surface area contributed by atoms with Crippen molar-refractivity contribution in [1.82, 2.24) is 25.1 Å². The Balaban J connectivity index is 0.00000300. The Morgan fingerprint density at radius 1 is 1.24 bits per heavy atom. The smallest absolute Gasteiger partial charge is 0.319 e. The molecule has 1 aliphatic heterocycles. The fourth-order valence-corrected chi connectivity index (χ4v) is 3.38. The number of rotatable bonds is 7. The molecule has 2 N–H and O–H groups in total. The molecular weight excluding hydrogens is 489 g/mol. The van der Waals surface area contributed by atoms with Crippen LogP contribution in [0.25, 0.3) is 0 Å². The number of likely N-dealkylation sites (tertiary alicyclic amines) is 1. The van der Waals surface area contributed by atoms with Gasteiger partial charge in [-0.2, -0.15) is 8.78 Å². The van der Waals surface area contributed by atoms with Crippen LogP contribution in [-0.4, -0.2) is 46.1 Å². The molecule has 2 aromatic rings. The molecule has 0 radical (unpaired) electrons. The maximum Gasteiger partial charge on any atom is 0.319 e. The lowest BCUT2D eigenvalue weighted by Crippen LogP contribution is -2.48. The Morgan fingerprint density at radius 3 is 2.62 bits per heavy atom. The fraction of sp³-hybridized carbons (Fsp3) is 0.500. The first-order chi connectivity index (χ1) is 13.7. The Labute approximate surface area is 187 Å². The van der Waals surface area contributed by atoms with Gasteiger partial charge in [-0.05, 0) is 25.3 Å². The Bertz CT molecular complexity index is 744. The van der Waals surface area contributed by atoms with E-state index in [1.54, 1.807) is 0 Å². The molecule has 160 valence electrons. The van der Waals surface area contributed by atoms with E-state index < -0.39 is 6.55 Å². The highest BCUT2D eigenvalue weighted by molar-refractivity contribution is 14.0. The highest BCUT2D eigenvalue weighted by atomic mass is 127. The lowest BCUT2D eigenvalue weighted by Gasteiger charge is -2.33. The fourth-order valence-electron chi connectivity index (χ4n) is 3.38. The van der Waals surface area contributed by atoms with Gasteiger partial charge in [0, 0.05) is 44.6 Å². The van der Waals surface area contributed by atoms with Crippen LogP contribution in [0.5, 0.6) is 0 Å². The van der Waals surface area contributed by atoms with Crippen LogP contribution in [-0.2, 0) is 13.1 Å². The minimum atomic E-state index is -2.60. The van der Waals surface area contributed by atoms with Gasteiger partial charge < -0.3 is 10.6 Å². The summed E-state index contributed by atoms with van der Waals surface area (Å²) in [6.07, 6.45) is 4.68. The van der Waals surface area contributed by atoms with E-state index in [-0.39, 0.29) is 36.3 Å². The van der Waals surface area contributed by atoms with Crippen LogP contribution in [0.4, 0.5) is 8.78 Å². The van der Waals surface area contributed by atoms with Crippen LogP contribution in [0.2, 0.25) is 0 Å². The number of nitrogens with zero attached hydrogens (tertiary/aromatic N) is 4. The van der Waals surface area contributed by atoms with Crippen molar-refractivity contribution in [2.75, 3.05) is 19.6 Å². The molecule has 0 amide bonds. The van der Waals surface area contributed by atoms with Crippen molar-refractivity contribution in [3.63, 3.8) is 0 Å². The number of benzene rings is 1. The van der Waals surface area contributed by atoms with Gasteiger partial charge in [0.1, 0.15) is 12.4 Å². The van der Waals surface area contributed by atoms with E-state index in [4.69, 9.17) is 0 Å². The van der Waals surface area contributed by atoms with Gasteiger partial charge in [0.2, 0.25) is 0 Å². The van der Waals surface area contributed by atoms with Crippen molar-refractivity contribution >= 4 is 29.9 Å². The van der Waals surface area contributed by atoms with Crippen LogP contribution >= 0.6 is 24.0 Å². The molecule has 1 aromatic heterocycles. The predicted molar refractivity (Wildman–Crippen MR) is 122 cm³/mol. The van der Waals surface area contributed by atoms with E-state index in [1.807, 2.05) is 13.0 Å². The molecule has 0 spiro atoms. The largest absolute Gasteiger partial charge is 0.357 e. The SMILES string of the molecule is CCNC(=NCc1nccn1C(F)F)NC1CCN(Cc2ccccc2)CC1.I. The van der Waals surface area contributed by atoms with Gasteiger partial charge in [-0.25, -0.2) is 9.98 Å². The monoisotopic (exact) mass is 518 g/mol. The average molecular weight is 518 g/mol. The maximum atomic E-state index is 12.9. The molecule has 2 heterocycles. The summed E-state index contributed by atoms with van der Waals surface area (Å²) in [7, 11) is 0. The summed E-state index contributed by atoms with van der Waals surface area (Å²) in [6.45, 7) is 3.21. The summed E-state index contributed by atoms with van der Waals surface area (Å²) in [5, 5.41) is 6.63. The number of hydrogen-bond donors (Lipinski definition) is 2. The minimum Gasteiger partial charge on any atom is -0.357 e. The predicted octanol–water partition coefficient (Wildman–Crippen LogP) is 3.62. The van der Waals surface area contributed by atoms with Crippen LogP contribution in [0.15, 0.2) is 47.7 Å². The number of piperidine rings is 1. The average Bonchev–Trinajstić information content (AvgIpc) is 3.18. The highest BCUT2D eigenvalue weighted by Gasteiger charge is 2.20. The molecule has 0 unspecified atom stereocenters. The summed E-state index contributed by atoms with van der Waals surface area (Å²) in [4.78, 5) is 10.9. The Hall–Kier alpha value is -1.75. The maximum absolute atomic E-state index is 12.9. The third-order valence-electron chi connectivity index (χ3n) is 4.86. The molecule has 1 fully saturated rings. The molecule has 1 aromatic carbocycles. The van der Waals surface area contributed by atoms with Gasteiger partial charge in [0.05, 0.1) is 0 Å². The van der Waals surface area contributed by atoms with Gasteiger partial charge in [-0.15, -0.1) is 24.0 Å². The molecule has 0 atom stereocenters. The minimum absolute atomic E-state index is 0. The number of aliphatic imine (C=N–C) groups is 1. The zero-order chi connectivity index (χ0) is 19.8. The normalized spacial score (nSPS) is 15.9. The van der Waals surface area contributed by atoms with Crippen molar-refractivity contribution in [2.24, 2.45) is 4.99 Å². The zero-order valence-electron chi connectivity index (χ0n) is 16.6. The number of nitrogens with one attached hydrogen (secondary N) is 2. The van der Waals surface area contributed by atoms with Gasteiger partial charge in [0.15, 0.2) is 5.96 Å². The number of aromatic nitrogens is 2. The van der Waals surface area contributed by atoms with Crippen LogP contribution in [0.1, 0.15) is 37.7 Å². The van der Waals surface area contributed by atoms with E-state index in [1.165, 1.54) is 18.0 Å². The van der Waals surface area contributed by atoms with E-state index in [0.29, 0.717) is 18.5 Å². The molecular formula is C20H29F2IN6. The van der Waals surface area contributed by atoms with Crippen molar-refractivity contribution < 1.29 is 8.78 Å². The lowest BCUT2D eigenvalue weighted by molar-refractivity contribution is 0.0671.